The topological polar surface area (TPSA) is 83.0 Å². The molecule has 2 aliphatic rings. The third-order valence-corrected chi connectivity index (χ3v) is 4.21. The zero-order valence-corrected chi connectivity index (χ0v) is 10.7. The number of amides is 2. The highest BCUT2D eigenvalue weighted by Crippen LogP contribution is 2.40. The van der Waals surface area contributed by atoms with E-state index in [4.69, 9.17) is 9.94 Å². The van der Waals surface area contributed by atoms with E-state index in [0.29, 0.717) is 18.8 Å². The number of urea groups is 1. The summed E-state index contributed by atoms with van der Waals surface area (Å²) in [7, 11) is 0. The summed E-state index contributed by atoms with van der Waals surface area (Å²) in [5.41, 5.74) is 0.650. The molecule has 3 heterocycles. The predicted octanol–water partition coefficient (Wildman–Crippen LogP) is 1.25. The van der Waals surface area contributed by atoms with Gasteiger partial charge in [0.15, 0.2) is 0 Å². The molecule has 2 aliphatic heterocycles. The van der Waals surface area contributed by atoms with Crippen LogP contribution in [0.3, 0.4) is 0 Å². The lowest BCUT2D eigenvalue weighted by atomic mass is 10.1. The Labute approximate surface area is 112 Å². The molecule has 3 rings (SSSR count). The molecule has 0 aliphatic carbocycles. The van der Waals surface area contributed by atoms with Crippen molar-refractivity contribution >= 4 is 23.3 Å². The molecule has 1 saturated heterocycles. The summed E-state index contributed by atoms with van der Waals surface area (Å²) in [5.74, 6) is -1.05. The van der Waals surface area contributed by atoms with Gasteiger partial charge in [-0.2, -0.15) is 5.06 Å². The summed E-state index contributed by atoms with van der Waals surface area (Å²) in [6.45, 7) is 4.61. The third kappa shape index (κ3) is 1.80. The zero-order chi connectivity index (χ0) is 13.6. The molecule has 8 heteroatoms. The van der Waals surface area contributed by atoms with Gasteiger partial charge >= 0.3 is 12.0 Å². The molecule has 1 aromatic heterocycles. The second-order valence-corrected chi connectivity index (χ2v) is 5.25. The fourth-order valence-electron chi connectivity index (χ4n) is 2.24. The Hall–Kier alpha value is -1.93. The van der Waals surface area contributed by atoms with Crippen molar-refractivity contribution in [1.29, 1.82) is 0 Å². The van der Waals surface area contributed by atoms with Crippen LogP contribution in [0.5, 0.6) is 0 Å². The molecule has 1 atom stereocenters. The monoisotopic (exact) mass is 281 g/mol. The Bertz CT molecular complexity index is 570. The van der Waals surface area contributed by atoms with Crippen LogP contribution in [0.25, 0.3) is 0 Å². The first-order valence-electron chi connectivity index (χ1n) is 5.66. The van der Waals surface area contributed by atoms with Crippen molar-refractivity contribution in [3.8, 4) is 0 Å². The van der Waals surface area contributed by atoms with Crippen molar-refractivity contribution < 1.29 is 19.5 Å². The number of carbonyl (C=O) groups is 2. The SMILES string of the molecule is C=CCON1C(=O)N2Cc3nc(C(=O)O)sc3C1C2. The van der Waals surface area contributed by atoms with Gasteiger partial charge in [0.2, 0.25) is 5.01 Å². The van der Waals surface area contributed by atoms with Gasteiger partial charge in [0.25, 0.3) is 0 Å². The lowest BCUT2D eigenvalue weighted by Crippen LogP contribution is -2.30. The predicted molar refractivity (Wildman–Crippen MR) is 65.6 cm³/mol. The number of nitrogens with zero attached hydrogens (tertiary/aromatic N) is 3. The molecule has 1 unspecified atom stereocenters. The number of hydrogen-bond acceptors (Lipinski definition) is 5. The van der Waals surface area contributed by atoms with E-state index in [-0.39, 0.29) is 23.7 Å². The second-order valence-electron chi connectivity index (χ2n) is 4.22. The Kier molecular flexibility index (Phi) is 2.76. The van der Waals surface area contributed by atoms with Gasteiger partial charge in [-0.1, -0.05) is 6.08 Å². The molecule has 1 fully saturated rings. The van der Waals surface area contributed by atoms with Gasteiger partial charge in [0.05, 0.1) is 30.3 Å². The largest absolute Gasteiger partial charge is 0.476 e. The fraction of sp³-hybridized carbons (Fsp3) is 0.364. The Morgan fingerprint density at radius 3 is 3.16 bits per heavy atom. The summed E-state index contributed by atoms with van der Waals surface area (Å²) in [4.78, 5) is 34.8. The van der Waals surface area contributed by atoms with E-state index in [1.165, 1.54) is 5.06 Å². The van der Waals surface area contributed by atoms with Crippen LogP contribution < -0.4 is 0 Å². The van der Waals surface area contributed by atoms with E-state index >= 15 is 0 Å². The second kappa shape index (κ2) is 4.32. The maximum absolute atomic E-state index is 12.0. The number of carboxylic acid groups (broad SMARTS) is 1. The van der Waals surface area contributed by atoms with Crippen LogP contribution in [0.15, 0.2) is 12.7 Å². The van der Waals surface area contributed by atoms with Crippen molar-refractivity contribution in [2.24, 2.45) is 0 Å². The normalized spacial score (nSPS) is 20.6. The molecule has 0 saturated carbocycles. The number of rotatable bonds is 4. The van der Waals surface area contributed by atoms with Crippen molar-refractivity contribution in [2.75, 3.05) is 13.2 Å². The lowest BCUT2D eigenvalue weighted by Gasteiger charge is -2.21. The quantitative estimate of drug-likeness (QED) is 0.840. The summed E-state index contributed by atoms with van der Waals surface area (Å²) in [6.07, 6.45) is 1.56. The molecule has 1 aromatic rings. The molecule has 100 valence electrons. The Balaban J connectivity index is 1.95. The minimum absolute atomic E-state index is 0.0508. The molecule has 1 N–H and O–H groups in total. The Morgan fingerprint density at radius 1 is 1.68 bits per heavy atom. The third-order valence-electron chi connectivity index (χ3n) is 3.02. The first-order chi connectivity index (χ1) is 9.11. The fourth-order valence-corrected chi connectivity index (χ4v) is 3.23. The van der Waals surface area contributed by atoms with Crippen LogP contribution in [-0.2, 0) is 11.4 Å². The minimum Gasteiger partial charge on any atom is -0.476 e. The van der Waals surface area contributed by atoms with Crippen LogP contribution in [-0.4, -0.2) is 45.2 Å². The first kappa shape index (κ1) is 12.1. The minimum atomic E-state index is -1.05. The smallest absolute Gasteiger partial charge is 0.365 e. The van der Waals surface area contributed by atoms with Crippen LogP contribution in [0.1, 0.15) is 26.4 Å². The van der Waals surface area contributed by atoms with E-state index in [0.717, 1.165) is 16.2 Å². The number of aromatic carboxylic acids is 1. The first-order valence-corrected chi connectivity index (χ1v) is 6.48. The number of carbonyl (C=O) groups excluding carboxylic acids is 1. The van der Waals surface area contributed by atoms with Gasteiger partial charge < -0.3 is 10.0 Å². The summed E-state index contributed by atoms with van der Waals surface area (Å²) < 4.78 is 0. The zero-order valence-electron chi connectivity index (χ0n) is 9.90. The number of hydrogen-bond donors (Lipinski definition) is 1. The van der Waals surface area contributed by atoms with Crippen molar-refractivity contribution in [2.45, 2.75) is 12.6 Å². The van der Waals surface area contributed by atoms with Crippen LogP contribution in [0, 0.1) is 0 Å². The van der Waals surface area contributed by atoms with E-state index < -0.39 is 5.97 Å². The molecule has 0 radical (unpaired) electrons. The van der Waals surface area contributed by atoms with E-state index in [9.17, 15) is 9.59 Å². The van der Waals surface area contributed by atoms with E-state index in [2.05, 4.69) is 11.6 Å². The highest BCUT2D eigenvalue weighted by Gasteiger charge is 2.46. The van der Waals surface area contributed by atoms with Crippen molar-refractivity contribution in [3.63, 3.8) is 0 Å². The summed E-state index contributed by atoms with van der Waals surface area (Å²) >= 11 is 1.10. The number of fused-ring (bicyclic) bond motifs is 4. The van der Waals surface area contributed by atoms with E-state index in [1.807, 2.05) is 0 Å². The van der Waals surface area contributed by atoms with Crippen LogP contribution >= 0.6 is 11.3 Å². The van der Waals surface area contributed by atoms with Gasteiger partial charge in [-0.3, -0.25) is 4.84 Å². The molecule has 0 aromatic carbocycles. The maximum atomic E-state index is 12.0. The van der Waals surface area contributed by atoms with Gasteiger partial charge in [0, 0.05) is 0 Å². The Morgan fingerprint density at radius 2 is 2.47 bits per heavy atom. The molecule has 2 amide bonds. The number of carboxylic acids is 1. The summed E-state index contributed by atoms with van der Waals surface area (Å²) in [6, 6.07) is -0.490. The highest BCUT2D eigenvalue weighted by atomic mass is 32.1. The van der Waals surface area contributed by atoms with Crippen molar-refractivity contribution in [3.05, 3.63) is 28.2 Å². The van der Waals surface area contributed by atoms with Crippen LogP contribution in [0.4, 0.5) is 4.79 Å². The van der Waals surface area contributed by atoms with Gasteiger partial charge in [-0.05, 0) is 0 Å². The average molecular weight is 281 g/mol. The van der Waals surface area contributed by atoms with Crippen molar-refractivity contribution in [1.82, 2.24) is 14.9 Å². The number of hydroxylamine groups is 2. The standard InChI is InChI=1S/C11H11N3O4S/c1-2-3-18-14-7-5-13(11(14)17)4-6-8(7)19-9(12-6)10(15)16/h2,7H,1,3-5H2,(H,15,16). The lowest BCUT2D eigenvalue weighted by molar-refractivity contribution is -0.118. The van der Waals surface area contributed by atoms with Gasteiger partial charge in [0.1, 0.15) is 6.04 Å². The molecule has 7 nitrogen and oxygen atoms in total. The van der Waals surface area contributed by atoms with Crippen LogP contribution in [0.2, 0.25) is 0 Å². The maximum Gasteiger partial charge on any atom is 0.365 e. The molecule has 0 spiro atoms. The summed E-state index contributed by atoms with van der Waals surface area (Å²) in [5, 5.41) is 10.3. The molecular formula is C11H11N3O4S. The molecule has 2 bridgehead atoms. The van der Waals surface area contributed by atoms with Gasteiger partial charge in [-0.25, -0.2) is 14.6 Å². The average Bonchev–Trinajstić information content (AvgIpc) is 2.91. The van der Waals surface area contributed by atoms with Gasteiger partial charge in [-0.15, -0.1) is 17.9 Å². The highest BCUT2D eigenvalue weighted by molar-refractivity contribution is 7.13. The number of thiazole rings is 1. The number of aromatic nitrogens is 1. The van der Waals surface area contributed by atoms with E-state index in [1.54, 1.807) is 11.0 Å². The molecule has 19 heavy (non-hydrogen) atoms. The molecular weight excluding hydrogens is 270 g/mol.